The van der Waals surface area contributed by atoms with Gasteiger partial charge in [0.1, 0.15) is 29.1 Å². The van der Waals surface area contributed by atoms with E-state index in [9.17, 15) is 14.7 Å². The van der Waals surface area contributed by atoms with Crippen LogP contribution in [0, 0.1) is 0 Å². The van der Waals surface area contributed by atoms with E-state index in [1.54, 1.807) is 36.4 Å². The molecule has 1 unspecified atom stereocenters. The predicted octanol–water partition coefficient (Wildman–Crippen LogP) is 6.01. The van der Waals surface area contributed by atoms with Crippen molar-refractivity contribution in [1.29, 1.82) is 0 Å². The summed E-state index contributed by atoms with van der Waals surface area (Å²) in [5.74, 6) is -1.18. The van der Waals surface area contributed by atoms with Gasteiger partial charge in [-0.1, -0.05) is 23.2 Å². The van der Waals surface area contributed by atoms with E-state index in [4.69, 9.17) is 37.1 Å². The molecule has 1 aliphatic heterocycles. The van der Waals surface area contributed by atoms with Gasteiger partial charge in [0, 0.05) is 10.7 Å². The van der Waals surface area contributed by atoms with Crippen molar-refractivity contribution in [2.75, 3.05) is 12.0 Å². The van der Waals surface area contributed by atoms with E-state index >= 15 is 0 Å². The first-order valence-corrected chi connectivity index (χ1v) is 11.1. The molecule has 1 aromatic heterocycles. The number of nitrogens with zero attached hydrogens (tertiary/aromatic N) is 1. The molecular formula is C25H21Cl2NO6. The van der Waals surface area contributed by atoms with Crippen LogP contribution in [0.2, 0.25) is 10.0 Å². The van der Waals surface area contributed by atoms with Crippen molar-refractivity contribution in [3.63, 3.8) is 0 Å². The van der Waals surface area contributed by atoms with E-state index < -0.39 is 23.5 Å². The number of hydrogen-bond acceptors (Lipinski definition) is 6. The molecular weight excluding hydrogens is 481 g/mol. The van der Waals surface area contributed by atoms with Crippen LogP contribution in [0.15, 0.2) is 64.8 Å². The van der Waals surface area contributed by atoms with Gasteiger partial charge in [0.2, 0.25) is 0 Å². The van der Waals surface area contributed by atoms with Gasteiger partial charge >= 0.3 is 0 Å². The van der Waals surface area contributed by atoms with Crippen LogP contribution in [0.1, 0.15) is 31.2 Å². The molecule has 4 rings (SSSR count). The zero-order chi connectivity index (χ0) is 24.6. The number of hydrogen-bond donors (Lipinski definition) is 1. The van der Waals surface area contributed by atoms with Crippen molar-refractivity contribution in [2.24, 2.45) is 0 Å². The number of furan rings is 1. The van der Waals surface area contributed by atoms with Gasteiger partial charge in [-0.3, -0.25) is 14.5 Å². The van der Waals surface area contributed by atoms with Gasteiger partial charge in [-0.25, -0.2) is 0 Å². The quantitative estimate of drug-likeness (QED) is 0.252. The number of rotatable bonds is 6. The number of ether oxygens (including phenoxy) is 2. The van der Waals surface area contributed by atoms with Crippen molar-refractivity contribution in [3.8, 4) is 11.5 Å². The van der Waals surface area contributed by atoms with Gasteiger partial charge < -0.3 is 19.0 Å². The second-order valence-electron chi connectivity index (χ2n) is 7.81. The molecule has 0 aliphatic carbocycles. The van der Waals surface area contributed by atoms with Crippen LogP contribution in [0.4, 0.5) is 5.69 Å². The molecule has 7 nitrogen and oxygen atoms in total. The summed E-state index contributed by atoms with van der Waals surface area (Å²) in [5, 5.41) is 11.6. The number of Topliss-reactive ketones (excluding diaryl/α,β-unsaturated/α-hetero) is 1. The maximum atomic E-state index is 13.2. The van der Waals surface area contributed by atoms with Crippen molar-refractivity contribution in [3.05, 3.63) is 81.7 Å². The number of ketones is 1. The average Bonchev–Trinajstić information content (AvgIpc) is 3.40. The summed E-state index contributed by atoms with van der Waals surface area (Å²) in [4.78, 5) is 27.7. The fourth-order valence-electron chi connectivity index (χ4n) is 3.86. The Morgan fingerprint density at radius 1 is 1.12 bits per heavy atom. The Balaban J connectivity index is 1.89. The van der Waals surface area contributed by atoms with Crippen LogP contribution in [-0.2, 0) is 9.59 Å². The first-order chi connectivity index (χ1) is 16.2. The Bertz CT molecular complexity index is 1270. The first-order valence-electron chi connectivity index (χ1n) is 10.4. The van der Waals surface area contributed by atoms with Crippen LogP contribution < -0.4 is 14.4 Å². The molecule has 1 atom stereocenters. The lowest BCUT2D eigenvalue weighted by Gasteiger charge is -2.24. The normalized spacial score (nSPS) is 17.5. The molecule has 1 fully saturated rings. The largest absolute Gasteiger partial charge is 0.507 e. The molecule has 0 spiro atoms. The lowest BCUT2D eigenvalue weighted by atomic mass is 9.98. The van der Waals surface area contributed by atoms with Crippen molar-refractivity contribution < 1.29 is 28.6 Å². The van der Waals surface area contributed by atoms with Gasteiger partial charge in [0.05, 0.1) is 35.6 Å². The zero-order valence-electron chi connectivity index (χ0n) is 18.5. The number of halogens is 2. The number of methoxy groups -OCH3 is 1. The Labute approximate surface area is 206 Å². The van der Waals surface area contributed by atoms with Crippen LogP contribution >= 0.6 is 23.2 Å². The summed E-state index contributed by atoms with van der Waals surface area (Å²) in [7, 11) is 1.37. The number of carbonyl (C=O) groups is 2. The highest BCUT2D eigenvalue weighted by Crippen LogP contribution is 2.45. The molecule has 9 heteroatoms. The number of aliphatic hydroxyl groups excluding tert-OH is 1. The van der Waals surface area contributed by atoms with Crippen molar-refractivity contribution in [1.82, 2.24) is 0 Å². The van der Waals surface area contributed by atoms with E-state index in [2.05, 4.69) is 0 Å². The molecule has 2 heterocycles. The number of benzene rings is 2. The Morgan fingerprint density at radius 3 is 2.41 bits per heavy atom. The summed E-state index contributed by atoms with van der Waals surface area (Å²) >= 11 is 12.4. The molecule has 0 saturated carbocycles. The molecule has 176 valence electrons. The molecule has 0 bridgehead atoms. The summed E-state index contributed by atoms with van der Waals surface area (Å²) in [5.41, 5.74) is 0.323. The average molecular weight is 502 g/mol. The van der Waals surface area contributed by atoms with Gasteiger partial charge in [-0.05, 0) is 62.4 Å². The lowest BCUT2D eigenvalue weighted by Crippen LogP contribution is -2.29. The van der Waals surface area contributed by atoms with E-state index in [0.717, 1.165) is 0 Å². The lowest BCUT2D eigenvalue weighted by molar-refractivity contribution is -0.132. The smallest absolute Gasteiger partial charge is 0.300 e. The Kier molecular flexibility index (Phi) is 6.59. The van der Waals surface area contributed by atoms with Crippen LogP contribution in [0.3, 0.4) is 0 Å². The van der Waals surface area contributed by atoms with E-state index in [0.29, 0.717) is 11.4 Å². The van der Waals surface area contributed by atoms with Gasteiger partial charge in [-0.2, -0.15) is 0 Å². The summed E-state index contributed by atoms with van der Waals surface area (Å²) in [6, 6.07) is 11.8. The molecule has 3 aromatic rings. The van der Waals surface area contributed by atoms with E-state index in [1.165, 1.54) is 30.4 Å². The fourth-order valence-corrected chi connectivity index (χ4v) is 4.43. The SMILES string of the molecule is COc1c(Cl)cc(Cl)cc1/C(O)=C1/C(=O)C(=O)N(c2ccc(OC(C)C)cc2)C1c1ccco1. The molecule has 1 N–H and O–H groups in total. The molecule has 1 aliphatic rings. The molecule has 2 aromatic carbocycles. The van der Waals surface area contributed by atoms with Gasteiger partial charge in [-0.15, -0.1) is 0 Å². The molecule has 0 radical (unpaired) electrons. The van der Waals surface area contributed by atoms with E-state index in [1.807, 2.05) is 13.8 Å². The maximum Gasteiger partial charge on any atom is 0.300 e. The maximum absolute atomic E-state index is 13.2. The second-order valence-corrected chi connectivity index (χ2v) is 8.66. The number of carbonyl (C=O) groups excluding carboxylic acids is 2. The third-order valence-corrected chi connectivity index (χ3v) is 5.71. The Morgan fingerprint density at radius 2 is 1.82 bits per heavy atom. The van der Waals surface area contributed by atoms with Gasteiger partial charge in [0.25, 0.3) is 11.7 Å². The number of amides is 1. The highest BCUT2D eigenvalue weighted by atomic mass is 35.5. The third kappa shape index (κ3) is 4.24. The highest BCUT2D eigenvalue weighted by Gasteiger charge is 2.48. The minimum absolute atomic E-state index is 0.0253. The first kappa shape index (κ1) is 23.7. The highest BCUT2D eigenvalue weighted by molar-refractivity contribution is 6.51. The Hall–Kier alpha value is -3.42. The summed E-state index contributed by atoms with van der Waals surface area (Å²) < 4.78 is 16.6. The van der Waals surface area contributed by atoms with Crippen LogP contribution in [-0.4, -0.2) is 30.0 Å². The molecule has 1 amide bonds. The topological polar surface area (TPSA) is 89.2 Å². The molecule has 34 heavy (non-hydrogen) atoms. The van der Waals surface area contributed by atoms with Crippen LogP contribution in [0.25, 0.3) is 5.76 Å². The minimum atomic E-state index is -1.03. The predicted molar refractivity (Wildman–Crippen MR) is 129 cm³/mol. The number of anilines is 1. The minimum Gasteiger partial charge on any atom is -0.507 e. The fraction of sp³-hybridized carbons (Fsp3) is 0.200. The third-order valence-electron chi connectivity index (χ3n) is 5.21. The van der Waals surface area contributed by atoms with E-state index in [-0.39, 0.29) is 38.8 Å². The van der Waals surface area contributed by atoms with Gasteiger partial charge in [0.15, 0.2) is 0 Å². The summed E-state index contributed by atoms with van der Waals surface area (Å²) in [6.07, 6.45) is 1.40. The molecule has 1 saturated heterocycles. The van der Waals surface area contributed by atoms with Crippen molar-refractivity contribution >= 4 is 46.3 Å². The monoisotopic (exact) mass is 501 g/mol. The van der Waals surface area contributed by atoms with Crippen molar-refractivity contribution in [2.45, 2.75) is 26.0 Å². The zero-order valence-corrected chi connectivity index (χ0v) is 20.1. The van der Waals surface area contributed by atoms with Crippen LogP contribution in [0.5, 0.6) is 11.5 Å². The second kappa shape index (κ2) is 9.44. The number of aliphatic hydroxyl groups is 1. The standard InChI is InChI=1S/C25H21Cl2NO6/c1-13(2)34-16-8-6-15(7-9-16)28-21(19-5-4-10-33-19)20(23(30)25(28)31)22(29)17-11-14(26)12-18(27)24(17)32-3/h4-13,21,29H,1-3H3/b22-20-. The summed E-state index contributed by atoms with van der Waals surface area (Å²) in [6.45, 7) is 3.81.